The summed E-state index contributed by atoms with van der Waals surface area (Å²) in [5.74, 6) is 0.855. The number of pyridine rings is 1. The van der Waals surface area contributed by atoms with Crippen LogP contribution in [0.15, 0.2) is 36.4 Å². The summed E-state index contributed by atoms with van der Waals surface area (Å²) >= 11 is 6.19. The van der Waals surface area contributed by atoms with Crippen LogP contribution >= 0.6 is 11.6 Å². The Hall–Kier alpha value is -1.58. The van der Waals surface area contributed by atoms with E-state index in [1.807, 2.05) is 48.3 Å². The molecule has 4 heteroatoms. The Morgan fingerprint density at radius 1 is 1.25 bits per heavy atom. The smallest absolute Gasteiger partial charge is 0.129 e. The molecule has 0 unspecified atom stereocenters. The lowest BCUT2D eigenvalue weighted by Gasteiger charge is -2.20. The number of rotatable bonds is 5. The summed E-state index contributed by atoms with van der Waals surface area (Å²) in [6.07, 6.45) is 0.848. The molecule has 20 heavy (non-hydrogen) atoms. The van der Waals surface area contributed by atoms with E-state index in [4.69, 9.17) is 11.6 Å². The average Bonchev–Trinajstić information content (AvgIpc) is 2.48. The molecule has 0 fully saturated rings. The highest BCUT2D eigenvalue weighted by atomic mass is 35.5. The van der Waals surface area contributed by atoms with Gasteiger partial charge in [-0.15, -0.1) is 0 Å². The van der Waals surface area contributed by atoms with Crippen LogP contribution in [0.5, 0.6) is 0 Å². The van der Waals surface area contributed by atoms with Gasteiger partial charge in [-0.2, -0.15) is 0 Å². The van der Waals surface area contributed by atoms with Crippen LogP contribution in [-0.4, -0.2) is 17.1 Å². The molecule has 0 atom stereocenters. The van der Waals surface area contributed by atoms with Crippen LogP contribution in [-0.2, 0) is 19.6 Å². The van der Waals surface area contributed by atoms with E-state index in [0.717, 1.165) is 34.1 Å². The molecule has 106 valence electrons. The maximum atomic E-state index is 9.33. The molecule has 1 aromatic heterocycles. The minimum atomic E-state index is 0.0302. The van der Waals surface area contributed by atoms with Gasteiger partial charge in [0.15, 0.2) is 0 Å². The average molecular weight is 291 g/mol. The predicted octanol–water partition coefficient (Wildman–Crippen LogP) is 3.43. The first-order valence-electron chi connectivity index (χ1n) is 6.69. The molecule has 1 heterocycles. The monoisotopic (exact) mass is 290 g/mol. The van der Waals surface area contributed by atoms with Gasteiger partial charge in [0, 0.05) is 24.3 Å². The number of aliphatic hydroxyl groups excluding tert-OH is 1. The highest BCUT2D eigenvalue weighted by molar-refractivity contribution is 6.31. The van der Waals surface area contributed by atoms with Gasteiger partial charge in [0.2, 0.25) is 0 Å². The van der Waals surface area contributed by atoms with Crippen LogP contribution in [0.25, 0.3) is 0 Å². The lowest BCUT2D eigenvalue weighted by atomic mass is 10.2. The minimum Gasteiger partial charge on any atom is -0.392 e. The second kappa shape index (κ2) is 6.73. The van der Waals surface area contributed by atoms with Crippen LogP contribution in [0, 0.1) is 0 Å². The van der Waals surface area contributed by atoms with E-state index in [0.29, 0.717) is 6.54 Å². The maximum Gasteiger partial charge on any atom is 0.129 e. The molecule has 0 aliphatic carbocycles. The van der Waals surface area contributed by atoms with Crippen LogP contribution in [0.3, 0.4) is 0 Å². The molecule has 2 rings (SSSR count). The van der Waals surface area contributed by atoms with Crippen molar-refractivity contribution in [2.24, 2.45) is 0 Å². The molecule has 0 spiro atoms. The summed E-state index contributed by atoms with van der Waals surface area (Å²) in [6.45, 7) is 2.77. The predicted molar refractivity (Wildman–Crippen MR) is 83.1 cm³/mol. The summed E-state index contributed by atoms with van der Waals surface area (Å²) in [5.41, 5.74) is 2.93. The van der Waals surface area contributed by atoms with Gasteiger partial charge in [-0.3, -0.25) is 0 Å². The van der Waals surface area contributed by atoms with E-state index >= 15 is 0 Å². The zero-order valence-electron chi connectivity index (χ0n) is 11.8. The third-order valence-corrected chi connectivity index (χ3v) is 3.59. The summed E-state index contributed by atoms with van der Waals surface area (Å²) in [6, 6.07) is 11.6. The molecule has 0 saturated carbocycles. The fraction of sp³-hybridized carbons (Fsp3) is 0.312. The fourth-order valence-corrected chi connectivity index (χ4v) is 2.26. The molecule has 1 aromatic carbocycles. The van der Waals surface area contributed by atoms with E-state index in [1.54, 1.807) is 0 Å². The summed E-state index contributed by atoms with van der Waals surface area (Å²) in [4.78, 5) is 6.64. The van der Waals surface area contributed by atoms with Gasteiger partial charge in [0.1, 0.15) is 5.82 Å². The van der Waals surface area contributed by atoms with Crippen molar-refractivity contribution in [1.82, 2.24) is 4.98 Å². The number of aromatic nitrogens is 1. The Labute approximate surface area is 124 Å². The van der Waals surface area contributed by atoms with E-state index in [9.17, 15) is 5.11 Å². The van der Waals surface area contributed by atoms with Gasteiger partial charge in [-0.1, -0.05) is 36.7 Å². The topological polar surface area (TPSA) is 36.4 Å². The molecule has 0 radical (unpaired) electrons. The maximum absolute atomic E-state index is 9.33. The number of aliphatic hydroxyl groups is 1. The Balaban J connectivity index is 2.24. The van der Waals surface area contributed by atoms with Crippen molar-refractivity contribution >= 4 is 17.4 Å². The van der Waals surface area contributed by atoms with E-state index < -0.39 is 0 Å². The molecule has 0 aliphatic rings. The molecule has 0 amide bonds. The van der Waals surface area contributed by atoms with Gasteiger partial charge < -0.3 is 10.0 Å². The van der Waals surface area contributed by atoms with Gasteiger partial charge >= 0.3 is 0 Å². The Morgan fingerprint density at radius 2 is 2.00 bits per heavy atom. The first kappa shape index (κ1) is 14.8. The lowest BCUT2D eigenvalue weighted by Crippen LogP contribution is -2.18. The number of aryl methyl sites for hydroxylation is 1. The van der Waals surface area contributed by atoms with Crippen LogP contribution in [0.4, 0.5) is 5.82 Å². The van der Waals surface area contributed by atoms with Crippen molar-refractivity contribution < 1.29 is 5.11 Å². The number of halogens is 1. The molecule has 0 bridgehead atoms. The first-order chi connectivity index (χ1) is 9.63. The van der Waals surface area contributed by atoms with Crippen LogP contribution < -0.4 is 4.90 Å². The minimum absolute atomic E-state index is 0.0302. The molecule has 3 nitrogen and oxygen atoms in total. The van der Waals surface area contributed by atoms with Gasteiger partial charge in [-0.25, -0.2) is 4.98 Å². The SMILES string of the molecule is CCc1cc(CO)cc(N(C)Cc2ccccc2Cl)n1. The summed E-state index contributed by atoms with van der Waals surface area (Å²) in [7, 11) is 1.98. The Morgan fingerprint density at radius 3 is 2.65 bits per heavy atom. The van der Waals surface area contributed by atoms with E-state index in [1.165, 1.54) is 0 Å². The zero-order valence-corrected chi connectivity index (χ0v) is 12.6. The highest BCUT2D eigenvalue weighted by Crippen LogP contribution is 2.21. The summed E-state index contributed by atoms with van der Waals surface area (Å²) in [5, 5.41) is 10.1. The fourth-order valence-electron chi connectivity index (χ4n) is 2.06. The summed E-state index contributed by atoms with van der Waals surface area (Å²) < 4.78 is 0. The third kappa shape index (κ3) is 3.50. The highest BCUT2D eigenvalue weighted by Gasteiger charge is 2.08. The molecule has 1 N–H and O–H groups in total. The third-order valence-electron chi connectivity index (χ3n) is 3.23. The second-order valence-corrected chi connectivity index (χ2v) is 5.19. The first-order valence-corrected chi connectivity index (χ1v) is 7.07. The largest absolute Gasteiger partial charge is 0.392 e. The number of nitrogens with zero attached hydrogens (tertiary/aromatic N) is 2. The zero-order chi connectivity index (χ0) is 14.5. The van der Waals surface area contributed by atoms with E-state index in [-0.39, 0.29) is 6.61 Å². The molecular formula is C16H19ClN2O. The normalized spacial score (nSPS) is 10.6. The van der Waals surface area contributed by atoms with Crippen LogP contribution in [0.2, 0.25) is 5.02 Å². The van der Waals surface area contributed by atoms with Crippen molar-refractivity contribution in [2.45, 2.75) is 26.5 Å². The van der Waals surface area contributed by atoms with Gasteiger partial charge in [0.25, 0.3) is 0 Å². The standard InChI is InChI=1S/C16H19ClN2O/c1-3-14-8-12(11-20)9-16(18-14)19(2)10-13-6-4-5-7-15(13)17/h4-9,20H,3,10-11H2,1-2H3. The second-order valence-electron chi connectivity index (χ2n) is 4.78. The van der Waals surface area contributed by atoms with E-state index in [2.05, 4.69) is 11.9 Å². The van der Waals surface area contributed by atoms with Crippen LogP contribution in [0.1, 0.15) is 23.7 Å². The number of hydrogen-bond acceptors (Lipinski definition) is 3. The van der Waals surface area contributed by atoms with Crippen molar-refractivity contribution in [1.29, 1.82) is 0 Å². The van der Waals surface area contributed by atoms with Gasteiger partial charge in [0.05, 0.1) is 6.61 Å². The number of benzene rings is 1. The molecule has 2 aromatic rings. The Bertz CT molecular complexity index is 564. The quantitative estimate of drug-likeness (QED) is 0.916. The molecule has 0 aliphatic heterocycles. The number of anilines is 1. The molecule has 0 saturated heterocycles. The molecular weight excluding hydrogens is 272 g/mol. The Kier molecular flexibility index (Phi) is 4.99. The van der Waals surface area contributed by atoms with Gasteiger partial charge in [-0.05, 0) is 35.7 Å². The number of hydrogen-bond donors (Lipinski definition) is 1. The lowest BCUT2D eigenvalue weighted by molar-refractivity contribution is 0.281. The van der Waals surface area contributed by atoms with Crippen molar-refractivity contribution in [3.8, 4) is 0 Å². The van der Waals surface area contributed by atoms with Crippen molar-refractivity contribution in [3.05, 3.63) is 58.2 Å². The van der Waals surface area contributed by atoms with Crippen molar-refractivity contribution in [3.63, 3.8) is 0 Å². The van der Waals surface area contributed by atoms with Crippen molar-refractivity contribution in [2.75, 3.05) is 11.9 Å².